The zero-order valence-electron chi connectivity index (χ0n) is 15.2. The fourth-order valence-electron chi connectivity index (χ4n) is 1.00. The maximum absolute atomic E-state index is 9.17. The lowest BCUT2D eigenvalue weighted by Crippen LogP contribution is -2.09. The van der Waals surface area contributed by atoms with Gasteiger partial charge in [0.1, 0.15) is 6.29 Å². The normalized spacial score (nSPS) is 17.8. The molecule has 0 radical (unpaired) electrons. The van der Waals surface area contributed by atoms with Gasteiger partial charge in [0, 0.05) is 16.4 Å². The van der Waals surface area contributed by atoms with Crippen molar-refractivity contribution >= 4 is 6.29 Å². The molecule has 2 N–H and O–H groups in total. The number of carbonyl (C=O) groups excluding carboxylic acids is 1. The predicted octanol–water partition coefficient (Wildman–Crippen LogP) is 4.41. The van der Waals surface area contributed by atoms with Crippen LogP contribution in [0.4, 0.5) is 0 Å². The molecule has 24 heavy (non-hydrogen) atoms. The first-order valence-corrected chi connectivity index (χ1v) is 7.79. The second-order valence-electron chi connectivity index (χ2n) is 3.95. The molecule has 0 saturated carbocycles. The van der Waals surface area contributed by atoms with E-state index in [9.17, 15) is 4.79 Å². The minimum Gasteiger partial charge on any atom is -0.318 e. The second kappa shape index (κ2) is 33.4. The minimum atomic E-state index is -0.144. The van der Waals surface area contributed by atoms with E-state index in [4.69, 9.17) is 35.0 Å². The summed E-state index contributed by atoms with van der Waals surface area (Å²) < 4.78 is 5.22. The molecule has 0 spiro atoms. The van der Waals surface area contributed by atoms with Crippen molar-refractivity contribution < 1.29 is 34.9 Å². The van der Waals surface area contributed by atoms with E-state index in [0.29, 0.717) is 6.42 Å². The van der Waals surface area contributed by atoms with Crippen LogP contribution in [0, 0.1) is 9.93 Å². The Morgan fingerprint density at radius 3 is 1.25 bits per heavy atom. The number of hydrogen-bond donors (Lipinski definition) is 2. The maximum Gasteiger partial charge on any atom is 0.194 e. The quantitative estimate of drug-likeness (QED) is 0.318. The van der Waals surface area contributed by atoms with Crippen LogP contribution < -0.4 is 0 Å². The summed E-state index contributed by atoms with van der Waals surface area (Å²) in [6.07, 6.45) is 9.62. The lowest BCUT2D eigenvalue weighted by Gasteiger charge is -2.01. The number of hydrogen-bond acceptors (Lipinski definition) is 9. The van der Waals surface area contributed by atoms with Gasteiger partial charge in [0.15, 0.2) is 12.6 Å². The predicted molar refractivity (Wildman–Crippen MR) is 90.6 cm³/mol. The van der Waals surface area contributed by atoms with Crippen molar-refractivity contribution in [3.05, 3.63) is 22.1 Å². The van der Waals surface area contributed by atoms with Gasteiger partial charge in [0.05, 0.1) is 0 Å². The molecule has 0 amide bonds. The third kappa shape index (κ3) is 32.6. The molecular weight excluding hydrogens is 324 g/mol. The summed E-state index contributed by atoms with van der Waals surface area (Å²) in [5.41, 5.74) is 0. The molecule has 2 unspecified atom stereocenters. The Labute approximate surface area is 143 Å². The van der Waals surface area contributed by atoms with Gasteiger partial charge in [-0.3, -0.25) is 0 Å². The maximum atomic E-state index is 9.17. The summed E-state index contributed by atoms with van der Waals surface area (Å²) in [7, 11) is 0. The van der Waals surface area contributed by atoms with Gasteiger partial charge in [0.2, 0.25) is 0 Å². The van der Waals surface area contributed by atoms with Crippen LogP contribution >= 0.6 is 0 Å². The van der Waals surface area contributed by atoms with Crippen molar-refractivity contribution in [3.63, 3.8) is 0 Å². The highest BCUT2D eigenvalue weighted by molar-refractivity contribution is 5.48. The van der Waals surface area contributed by atoms with E-state index in [1.165, 1.54) is 12.8 Å². The molecule has 1 heterocycles. The highest BCUT2D eigenvalue weighted by Gasteiger charge is 2.24. The van der Waals surface area contributed by atoms with Gasteiger partial charge >= 0.3 is 0 Å². The summed E-state index contributed by atoms with van der Waals surface area (Å²) in [5.74, 6) is 0. The number of allylic oxidation sites excluding steroid dienone is 2. The summed E-state index contributed by atoms with van der Waals surface area (Å²) in [6.45, 7) is 10.1. The molecule has 9 nitrogen and oxygen atoms in total. The van der Waals surface area contributed by atoms with E-state index in [2.05, 4.69) is 31.0 Å². The van der Waals surface area contributed by atoms with Crippen molar-refractivity contribution in [2.24, 2.45) is 0 Å². The van der Waals surface area contributed by atoms with Crippen molar-refractivity contribution in [1.29, 1.82) is 0 Å². The number of aldehydes is 1. The molecule has 1 aliphatic heterocycles. The summed E-state index contributed by atoms with van der Waals surface area (Å²) >= 11 is 0. The molecule has 2 atom stereocenters. The average Bonchev–Trinajstić information content (AvgIpc) is 3.11. The molecule has 1 fully saturated rings. The zero-order valence-corrected chi connectivity index (χ0v) is 15.2. The third-order valence-corrected chi connectivity index (χ3v) is 2.05. The molecule has 9 heteroatoms. The lowest BCUT2D eigenvalue weighted by atomic mass is 10.4. The first kappa shape index (κ1) is 30.6. The van der Waals surface area contributed by atoms with Crippen LogP contribution in [-0.2, 0) is 24.3 Å². The SMILES string of the molecule is CC/C=C\CC.CCC1OOC(CC)O1.CCC=O.O=O.OOO. The van der Waals surface area contributed by atoms with Gasteiger partial charge in [-0.05, 0) is 25.7 Å². The molecule has 0 aliphatic carbocycles. The third-order valence-electron chi connectivity index (χ3n) is 2.05. The van der Waals surface area contributed by atoms with Gasteiger partial charge in [-0.1, -0.05) is 51.8 Å². The molecule has 1 aliphatic rings. The fraction of sp³-hybridized carbons (Fsp3) is 0.800. The Bertz CT molecular complexity index is 221. The van der Waals surface area contributed by atoms with Gasteiger partial charge in [0.25, 0.3) is 0 Å². The second-order valence-corrected chi connectivity index (χ2v) is 3.95. The van der Waals surface area contributed by atoms with Crippen molar-refractivity contribution in [2.45, 2.75) is 79.3 Å². The van der Waals surface area contributed by atoms with E-state index in [0.717, 1.165) is 19.1 Å². The number of ether oxygens (including phenoxy) is 1. The van der Waals surface area contributed by atoms with Crippen molar-refractivity contribution in [1.82, 2.24) is 0 Å². The Morgan fingerprint density at radius 2 is 1.12 bits per heavy atom. The number of rotatable bonds is 5. The van der Waals surface area contributed by atoms with E-state index < -0.39 is 0 Å². The van der Waals surface area contributed by atoms with Crippen LogP contribution in [0.15, 0.2) is 12.2 Å². The first-order chi connectivity index (χ1) is 11.6. The van der Waals surface area contributed by atoms with Gasteiger partial charge in [-0.2, -0.15) is 0 Å². The van der Waals surface area contributed by atoms with Crippen molar-refractivity contribution in [2.75, 3.05) is 0 Å². The Hall–Kier alpha value is -1.23. The Morgan fingerprint density at radius 1 is 0.833 bits per heavy atom. The van der Waals surface area contributed by atoms with E-state index >= 15 is 0 Å². The van der Waals surface area contributed by atoms with Crippen LogP contribution in [0.5, 0.6) is 0 Å². The zero-order chi connectivity index (χ0) is 19.6. The number of carbonyl (C=O) groups is 1. The monoisotopic (exact) mass is 356 g/mol. The molecule has 0 aromatic heterocycles. The lowest BCUT2D eigenvalue weighted by molar-refractivity contribution is -0.465. The van der Waals surface area contributed by atoms with E-state index in [1.807, 2.05) is 20.8 Å². The van der Waals surface area contributed by atoms with E-state index in [-0.39, 0.29) is 12.6 Å². The summed E-state index contributed by atoms with van der Waals surface area (Å²) in [4.78, 5) is 32.7. The highest BCUT2D eigenvalue weighted by atomic mass is 17.4. The van der Waals surface area contributed by atoms with Gasteiger partial charge in [-0.25, -0.2) is 20.3 Å². The Balaban J connectivity index is -0.000000117. The first-order valence-electron chi connectivity index (χ1n) is 7.79. The summed E-state index contributed by atoms with van der Waals surface area (Å²) in [5, 5.41) is 15.5. The van der Waals surface area contributed by atoms with Gasteiger partial charge < -0.3 is 9.53 Å². The fourth-order valence-corrected chi connectivity index (χ4v) is 1.00. The Kier molecular flexibility index (Phi) is 42.6. The van der Waals surface area contributed by atoms with Crippen LogP contribution in [0.25, 0.3) is 0 Å². The topological polar surface area (TPSA) is 129 Å². The molecule has 1 rings (SSSR count). The molecule has 0 aromatic carbocycles. The molecule has 0 bridgehead atoms. The van der Waals surface area contributed by atoms with Crippen molar-refractivity contribution in [3.8, 4) is 0 Å². The smallest absolute Gasteiger partial charge is 0.194 e. The van der Waals surface area contributed by atoms with Crippen LogP contribution in [0.2, 0.25) is 0 Å². The average molecular weight is 356 g/mol. The van der Waals surface area contributed by atoms with Crippen LogP contribution in [-0.4, -0.2) is 29.4 Å². The molecular formula is C15H32O9. The largest absolute Gasteiger partial charge is 0.318 e. The highest BCUT2D eigenvalue weighted by Crippen LogP contribution is 2.17. The van der Waals surface area contributed by atoms with Gasteiger partial charge in [-0.15, -0.1) is 0 Å². The summed E-state index contributed by atoms with van der Waals surface area (Å²) in [6, 6.07) is 0. The molecule has 146 valence electrons. The van der Waals surface area contributed by atoms with Crippen LogP contribution in [0.1, 0.15) is 66.7 Å². The standard InChI is InChI=1S/C6H12O3.C6H12.C3H6O.H2O3.O2/c1-3-5-7-6(4-2)9-8-5;1-3-5-6-4-2;1-2-3-4;1-3-2;1-2/h5-6H,3-4H2,1-2H3;5-6H,3-4H2,1-2H3;3H,2H2,1H3;1-2H;/b;6-5-;;;. The van der Waals surface area contributed by atoms with E-state index in [1.54, 1.807) is 0 Å². The molecule has 1 saturated heterocycles. The molecule has 0 aromatic rings. The van der Waals surface area contributed by atoms with Crippen LogP contribution in [0.3, 0.4) is 0 Å². The minimum absolute atomic E-state index is 0.144.